The van der Waals surface area contributed by atoms with E-state index in [4.69, 9.17) is 5.11 Å². The number of aromatic carboxylic acids is 1. The van der Waals surface area contributed by atoms with Crippen LogP contribution < -0.4 is 0 Å². The van der Waals surface area contributed by atoms with Gasteiger partial charge in [-0.2, -0.15) is 0 Å². The molecule has 21 heavy (non-hydrogen) atoms. The van der Waals surface area contributed by atoms with Crippen LogP contribution in [-0.2, 0) is 0 Å². The molecule has 0 radical (unpaired) electrons. The Morgan fingerprint density at radius 3 is 2.57 bits per heavy atom. The predicted molar refractivity (Wildman–Crippen MR) is 77.8 cm³/mol. The van der Waals surface area contributed by atoms with E-state index in [0.717, 1.165) is 17.4 Å². The number of hydrogen-bond acceptors (Lipinski definition) is 4. The molecule has 1 aromatic heterocycles. The van der Waals surface area contributed by atoms with Gasteiger partial charge in [0.2, 0.25) is 0 Å². The molecule has 0 saturated carbocycles. The molecule has 0 bridgehead atoms. The largest absolute Gasteiger partial charge is 0.508 e. The van der Waals surface area contributed by atoms with Gasteiger partial charge in [-0.3, -0.25) is 4.79 Å². The molecule has 108 valence electrons. The van der Waals surface area contributed by atoms with Crippen LogP contribution >= 0.6 is 11.3 Å². The molecule has 0 spiro atoms. The van der Waals surface area contributed by atoms with Crippen LogP contribution in [0, 0.1) is 0 Å². The number of aromatic hydroxyl groups is 1. The quantitative estimate of drug-likeness (QED) is 0.914. The first-order valence-electron chi connectivity index (χ1n) is 6.48. The Morgan fingerprint density at radius 1 is 1.24 bits per heavy atom. The van der Waals surface area contributed by atoms with Crippen LogP contribution in [0.3, 0.4) is 0 Å². The fraction of sp³-hybridized carbons (Fsp3) is 0.200. The highest BCUT2D eigenvalue weighted by Gasteiger charge is 2.34. The van der Waals surface area contributed by atoms with Gasteiger partial charge in [0.05, 0.1) is 11.6 Å². The molecule has 1 unspecified atom stereocenters. The lowest BCUT2D eigenvalue weighted by molar-refractivity contribution is 0.0467. The number of rotatable bonds is 3. The molecule has 6 heteroatoms. The van der Waals surface area contributed by atoms with E-state index in [0.29, 0.717) is 6.54 Å². The Hall–Kier alpha value is -2.34. The summed E-state index contributed by atoms with van der Waals surface area (Å²) in [5, 5.41) is 20.5. The number of carbonyl (C=O) groups is 2. The molecule has 1 amide bonds. The number of nitrogens with zero attached hydrogens (tertiary/aromatic N) is 1. The van der Waals surface area contributed by atoms with Gasteiger partial charge in [-0.1, -0.05) is 6.07 Å². The predicted octanol–water partition coefficient (Wildman–Crippen LogP) is 2.74. The van der Waals surface area contributed by atoms with Crippen molar-refractivity contribution in [3.8, 4) is 5.75 Å². The zero-order valence-electron chi connectivity index (χ0n) is 11.0. The van der Waals surface area contributed by atoms with Gasteiger partial charge in [0.15, 0.2) is 0 Å². The van der Waals surface area contributed by atoms with E-state index >= 15 is 0 Å². The maximum Gasteiger partial charge on any atom is 0.335 e. The molecule has 5 nitrogen and oxygen atoms in total. The third kappa shape index (κ3) is 2.50. The van der Waals surface area contributed by atoms with E-state index < -0.39 is 5.97 Å². The Balaban J connectivity index is 1.87. The first-order valence-corrected chi connectivity index (χ1v) is 7.36. The van der Waals surface area contributed by atoms with Gasteiger partial charge < -0.3 is 15.1 Å². The van der Waals surface area contributed by atoms with Crippen molar-refractivity contribution in [2.24, 2.45) is 0 Å². The molecule has 1 aliphatic heterocycles. The van der Waals surface area contributed by atoms with Crippen LogP contribution in [0.25, 0.3) is 0 Å². The zero-order valence-corrected chi connectivity index (χ0v) is 11.8. The Morgan fingerprint density at radius 2 is 2.00 bits per heavy atom. The minimum Gasteiger partial charge on any atom is -0.508 e. The lowest BCUT2D eigenvalue weighted by atomic mass is 9.99. The summed E-state index contributed by atoms with van der Waals surface area (Å²) in [6.45, 7) is 0.638. The highest BCUT2D eigenvalue weighted by Crippen LogP contribution is 2.37. The van der Waals surface area contributed by atoms with E-state index in [-0.39, 0.29) is 28.8 Å². The van der Waals surface area contributed by atoms with Gasteiger partial charge in [0.25, 0.3) is 5.91 Å². The zero-order chi connectivity index (χ0) is 15.0. The fourth-order valence-corrected chi connectivity index (χ4v) is 3.30. The Labute approximate surface area is 125 Å². The van der Waals surface area contributed by atoms with Crippen LogP contribution in [-0.4, -0.2) is 33.5 Å². The molecule has 2 heterocycles. The van der Waals surface area contributed by atoms with Gasteiger partial charge in [-0.15, -0.1) is 11.3 Å². The fourth-order valence-electron chi connectivity index (χ4n) is 2.43. The van der Waals surface area contributed by atoms with Crippen LogP contribution in [0.5, 0.6) is 5.75 Å². The van der Waals surface area contributed by atoms with Crippen molar-refractivity contribution >= 4 is 23.2 Å². The number of carboxylic acids is 1. The molecular formula is C15H13NO4S. The van der Waals surface area contributed by atoms with E-state index in [1.165, 1.54) is 12.1 Å². The highest BCUT2D eigenvalue weighted by atomic mass is 32.1. The van der Waals surface area contributed by atoms with Crippen LogP contribution in [0.1, 0.15) is 38.1 Å². The van der Waals surface area contributed by atoms with Crippen molar-refractivity contribution < 1.29 is 19.8 Å². The van der Waals surface area contributed by atoms with Crippen molar-refractivity contribution in [3.05, 3.63) is 51.7 Å². The van der Waals surface area contributed by atoms with Crippen molar-refractivity contribution in [2.75, 3.05) is 6.54 Å². The summed E-state index contributed by atoms with van der Waals surface area (Å²) in [5.41, 5.74) is 0.111. The number of phenols is 1. The van der Waals surface area contributed by atoms with E-state index in [2.05, 4.69) is 0 Å². The number of carboxylic acid groups (broad SMARTS) is 1. The first-order chi connectivity index (χ1) is 10.1. The lowest BCUT2D eigenvalue weighted by Gasteiger charge is -2.40. The summed E-state index contributed by atoms with van der Waals surface area (Å²) < 4.78 is 0. The molecule has 2 aromatic rings. The molecule has 1 aliphatic rings. The van der Waals surface area contributed by atoms with E-state index in [9.17, 15) is 14.7 Å². The van der Waals surface area contributed by atoms with Crippen LogP contribution in [0.2, 0.25) is 0 Å². The number of likely N-dealkylation sites (tertiary alicyclic amines) is 1. The summed E-state index contributed by atoms with van der Waals surface area (Å²) in [6.07, 6.45) is 0.900. The van der Waals surface area contributed by atoms with E-state index in [1.54, 1.807) is 16.2 Å². The van der Waals surface area contributed by atoms with Gasteiger partial charge in [-0.05, 0) is 36.1 Å². The number of phenolic OH excluding ortho intramolecular Hbond substituents is 1. The summed E-state index contributed by atoms with van der Waals surface area (Å²) in [6, 6.07) is 7.71. The molecule has 1 aromatic carbocycles. The summed E-state index contributed by atoms with van der Waals surface area (Å²) in [7, 11) is 0. The number of benzene rings is 1. The average molecular weight is 303 g/mol. The molecule has 0 aliphatic carbocycles. The molecule has 1 atom stereocenters. The maximum atomic E-state index is 12.5. The van der Waals surface area contributed by atoms with Gasteiger partial charge in [0.1, 0.15) is 5.75 Å². The summed E-state index contributed by atoms with van der Waals surface area (Å²) >= 11 is 1.60. The lowest BCUT2D eigenvalue weighted by Crippen LogP contribution is -2.44. The SMILES string of the molecule is O=C(O)c1cc(O)cc(C(=O)N2CCC2c2cccs2)c1. The minimum atomic E-state index is -1.17. The average Bonchev–Trinajstić information content (AvgIpc) is 2.90. The normalized spacial score (nSPS) is 17.3. The van der Waals surface area contributed by atoms with Gasteiger partial charge >= 0.3 is 5.97 Å². The number of carbonyl (C=O) groups excluding carboxylic acids is 1. The topological polar surface area (TPSA) is 77.8 Å². The third-order valence-electron chi connectivity index (χ3n) is 3.56. The first kappa shape index (κ1) is 13.6. The van der Waals surface area contributed by atoms with Gasteiger partial charge in [-0.25, -0.2) is 4.79 Å². The smallest absolute Gasteiger partial charge is 0.335 e. The molecular weight excluding hydrogens is 290 g/mol. The summed E-state index contributed by atoms with van der Waals surface area (Å²) in [4.78, 5) is 26.3. The standard InChI is InChI=1S/C15H13NO4S/c17-11-7-9(6-10(8-11)15(19)20)14(18)16-4-3-12(16)13-2-1-5-21-13/h1-2,5-8,12,17H,3-4H2,(H,19,20). The van der Waals surface area contributed by atoms with Crippen molar-refractivity contribution in [2.45, 2.75) is 12.5 Å². The Bertz CT molecular complexity index is 696. The second kappa shape index (κ2) is 5.21. The second-order valence-electron chi connectivity index (χ2n) is 4.89. The highest BCUT2D eigenvalue weighted by molar-refractivity contribution is 7.10. The molecule has 1 saturated heterocycles. The maximum absolute atomic E-state index is 12.5. The van der Waals surface area contributed by atoms with Gasteiger partial charge in [0, 0.05) is 17.0 Å². The number of thiophene rings is 1. The third-order valence-corrected chi connectivity index (χ3v) is 4.54. The molecule has 1 fully saturated rings. The minimum absolute atomic E-state index is 0.0492. The van der Waals surface area contributed by atoms with Crippen molar-refractivity contribution in [1.82, 2.24) is 4.90 Å². The number of amides is 1. The summed E-state index contributed by atoms with van der Waals surface area (Å²) in [5.74, 6) is -1.64. The van der Waals surface area contributed by atoms with Crippen molar-refractivity contribution in [1.29, 1.82) is 0 Å². The van der Waals surface area contributed by atoms with Crippen LogP contribution in [0.4, 0.5) is 0 Å². The number of hydrogen-bond donors (Lipinski definition) is 2. The monoisotopic (exact) mass is 303 g/mol. The second-order valence-corrected chi connectivity index (χ2v) is 5.87. The van der Waals surface area contributed by atoms with Crippen LogP contribution in [0.15, 0.2) is 35.7 Å². The Kier molecular flexibility index (Phi) is 3.39. The molecule has 3 rings (SSSR count). The van der Waals surface area contributed by atoms with Crippen molar-refractivity contribution in [3.63, 3.8) is 0 Å². The van der Waals surface area contributed by atoms with E-state index in [1.807, 2.05) is 17.5 Å². The molecule has 2 N–H and O–H groups in total.